The third-order valence-corrected chi connectivity index (χ3v) is 6.44. The largest absolute Gasteiger partial charge is 0.362 e. The minimum atomic E-state index is -0.308. The minimum Gasteiger partial charge on any atom is -0.362 e. The molecule has 0 saturated heterocycles. The zero-order valence-electron chi connectivity index (χ0n) is 18.2. The molecule has 1 aromatic heterocycles. The molecule has 2 N–H and O–H groups in total. The van der Waals surface area contributed by atoms with Crippen molar-refractivity contribution >= 4 is 29.3 Å². The summed E-state index contributed by atoms with van der Waals surface area (Å²) < 4.78 is 1.84. The Morgan fingerprint density at radius 2 is 1.88 bits per heavy atom. The molecule has 0 saturated carbocycles. The monoisotopic (exact) mass is 450 g/mol. The summed E-state index contributed by atoms with van der Waals surface area (Å²) in [5.74, 6) is -0.452. The Hall–Kier alpha value is -3.33. The van der Waals surface area contributed by atoms with Gasteiger partial charge in [0.2, 0.25) is 5.91 Å². The van der Waals surface area contributed by atoms with Crippen LogP contribution in [0.2, 0.25) is 0 Å². The van der Waals surface area contributed by atoms with Crippen molar-refractivity contribution in [2.75, 3.05) is 23.7 Å². The first-order valence-corrected chi connectivity index (χ1v) is 11.5. The van der Waals surface area contributed by atoms with Gasteiger partial charge in [0.1, 0.15) is 6.33 Å². The number of hydrogen-bond donors (Lipinski definition) is 2. The minimum absolute atomic E-state index is 0.108. The summed E-state index contributed by atoms with van der Waals surface area (Å²) >= 11 is 1.26. The van der Waals surface area contributed by atoms with Crippen molar-refractivity contribution in [3.05, 3.63) is 65.5 Å². The SMILES string of the molecule is Cc1ccc(-n2cnnc2SCC(=O)NNC(=O)CN2CCCc3ccccc32)cc1C. The predicted molar refractivity (Wildman–Crippen MR) is 125 cm³/mol. The molecule has 1 aliphatic heterocycles. The second-order valence-corrected chi connectivity index (χ2v) is 8.73. The fourth-order valence-electron chi connectivity index (χ4n) is 3.67. The van der Waals surface area contributed by atoms with E-state index in [-0.39, 0.29) is 24.1 Å². The van der Waals surface area contributed by atoms with E-state index in [9.17, 15) is 9.59 Å². The Labute approximate surface area is 191 Å². The number of para-hydroxylation sites is 1. The summed E-state index contributed by atoms with van der Waals surface area (Å²) in [4.78, 5) is 26.7. The van der Waals surface area contributed by atoms with Gasteiger partial charge in [0.05, 0.1) is 12.3 Å². The summed E-state index contributed by atoms with van der Waals surface area (Å²) in [6.45, 7) is 5.13. The molecule has 2 heterocycles. The maximum atomic E-state index is 12.4. The molecular weight excluding hydrogens is 424 g/mol. The molecule has 4 rings (SSSR count). The van der Waals surface area contributed by atoms with Crippen LogP contribution in [0.1, 0.15) is 23.1 Å². The molecule has 0 aliphatic carbocycles. The van der Waals surface area contributed by atoms with Gasteiger partial charge >= 0.3 is 0 Å². The summed E-state index contributed by atoms with van der Waals surface area (Å²) in [5.41, 5.74) is 10.7. The molecule has 2 amide bonds. The average Bonchev–Trinajstić information content (AvgIpc) is 3.27. The van der Waals surface area contributed by atoms with E-state index in [4.69, 9.17) is 0 Å². The van der Waals surface area contributed by atoms with E-state index in [1.54, 1.807) is 6.33 Å². The van der Waals surface area contributed by atoms with Gasteiger partial charge < -0.3 is 4.90 Å². The quantitative estimate of drug-likeness (QED) is 0.443. The number of anilines is 1. The second-order valence-electron chi connectivity index (χ2n) is 7.79. The Bertz CT molecular complexity index is 1130. The van der Waals surface area contributed by atoms with Crippen LogP contribution in [0, 0.1) is 13.8 Å². The van der Waals surface area contributed by atoms with Crippen LogP contribution >= 0.6 is 11.8 Å². The number of aromatic nitrogens is 3. The molecule has 32 heavy (non-hydrogen) atoms. The number of aryl methyl sites for hydroxylation is 3. The van der Waals surface area contributed by atoms with E-state index in [0.29, 0.717) is 5.16 Å². The number of carbonyl (C=O) groups excluding carboxylic acids is 2. The number of amides is 2. The van der Waals surface area contributed by atoms with Crippen molar-refractivity contribution in [3.63, 3.8) is 0 Å². The first-order chi connectivity index (χ1) is 15.5. The van der Waals surface area contributed by atoms with Crippen LogP contribution in [0.4, 0.5) is 5.69 Å². The van der Waals surface area contributed by atoms with E-state index < -0.39 is 0 Å². The molecule has 1 aliphatic rings. The molecule has 0 unspecified atom stereocenters. The average molecular weight is 451 g/mol. The van der Waals surface area contributed by atoms with Gasteiger partial charge in [-0.3, -0.25) is 25.0 Å². The topological polar surface area (TPSA) is 92.1 Å². The van der Waals surface area contributed by atoms with Gasteiger partial charge in [-0.05, 0) is 61.6 Å². The van der Waals surface area contributed by atoms with Gasteiger partial charge in [-0.1, -0.05) is 36.0 Å². The molecule has 0 fully saturated rings. The highest BCUT2D eigenvalue weighted by molar-refractivity contribution is 7.99. The maximum absolute atomic E-state index is 12.4. The van der Waals surface area contributed by atoms with Crippen LogP contribution in [0.5, 0.6) is 0 Å². The Morgan fingerprint density at radius 3 is 2.72 bits per heavy atom. The molecule has 8 nitrogen and oxygen atoms in total. The number of carbonyl (C=O) groups is 2. The molecule has 0 spiro atoms. The highest BCUT2D eigenvalue weighted by atomic mass is 32.2. The number of nitrogens with zero attached hydrogens (tertiary/aromatic N) is 4. The predicted octanol–water partition coefficient (Wildman–Crippen LogP) is 2.58. The molecule has 0 radical (unpaired) electrons. The van der Waals surface area contributed by atoms with Crippen molar-refractivity contribution in [1.29, 1.82) is 0 Å². The van der Waals surface area contributed by atoms with Gasteiger partial charge in [0.25, 0.3) is 5.91 Å². The van der Waals surface area contributed by atoms with E-state index in [1.165, 1.54) is 28.5 Å². The van der Waals surface area contributed by atoms with E-state index >= 15 is 0 Å². The standard InChI is InChI=1S/C23H26N6O2S/c1-16-9-10-19(12-17(16)2)29-15-24-27-23(29)32-14-22(31)26-25-21(30)13-28-11-5-7-18-6-3-4-8-20(18)28/h3-4,6,8-10,12,15H,5,7,11,13-14H2,1-2H3,(H,25,30)(H,26,31). The number of thioether (sulfide) groups is 1. The van der Waals surface area contributed by atoms with Gasteiger partial charge in [0, 0.05) is 17.9 Å². The van der Waals surface area contributed by atoms with Crippen LogP contribution in [0.25, 0.3) is 5.69 Å². The fraction of sp³-hybridized carbons (Fsp3) is 0.304. The van der Waals surface area contributed by atoms with Crippen LogP contribution in [-0.2, 0) is 16.0 Å². The molecule has 0 atom stereocenters. The van der Waals surface area contributed by atoms with Crippen LogP contribution in [-0.4, -0.2) is 45.4 Å². The fourth-order valence-corrected chi connectivity index (χ4v) is 4.40. The van der Waals surface area contributed by atoms with Crippen molar-refractivity contribution in [3.8, 4) is 5.69 Å². The lowest BCUT2D eigenvalue weighted by molar-refractivity contribution is -0.126. The molecule has 0 bridgehead atoms. The number of hydrogen-bond acceptors (Lipinski definition) is 6. The Kier molecular flexibility index (Phi) is 6.75. The molecular formula is C23H26N6O2S. The van der Waals surface area contributed by atoms with E-state index in [0.717, 1.165) is 30.8 Å². The van der Waals surface area contributed by atoms with Gasteiger partial charge in [-0.2, -0.15) is 0 Å². The number of nitrogens with one attached hydrogen (secondary N) is 2. The Morgan fingerprint density at radius 1 is 1.06 bits per heavy atom. The van der Waals surface area contributed by atoms with E-state index in [2.05, 4.69) is 47.0 Å². The number of hydrazine groups is 1. The highest BCUT2D eigenvalue weighted by Gasteiger charge is 2.19. The first kappa shape index (κ1) is 21.9. The zero-order chi connectivity index (χ0) is 22.5. The van der Waals surface area contributed by atoms with Gasteiger partial charge in [-0.15, -0.1) is 10.2 Å². The third kappa shape index (κ3) is 5.11. The summed E-state index contributed by atoms with van der Waals surface area (Å²) in [7, 11) is 0. The maximum Gasteiger partial charge on any atom is 0.257 e. The first-order valence-electron chi connectivity index (χ1n) is 10.5. The highest BCUT2D eigenvalue weighted by Crippen LogP contribution is 2.26. The number of rotatable bonds is 6. The number of fused-ring (bicyclic) bond motifs is 1. The summed E-state index contributed by atoms with van der Waals surface area (Å²) in [6.07, 6.45) is 3.66. The van der Waals surface area contributed by atoms with E-state index in [1.807, 2.05) is 39.8 Å². The lowest BCUT2D eigenvalue weighted by atomic mass is 10.0. The lowest BCUT2D eigenvalue weighted by Crippen LogP contribution is -2.47. The van der Waals surface area contributed by atoms with Gasteiger partial charge in [0.15, 0.2) is 5.16 Å². The Balaban J connectivity index is 1.27. The van der Waals surface area contributed by atoms with Crippen molar-refractivity contribution in [2.45, 2.75) is 31.8 Å². The van der Waals surface area contributed by atoms with Crippen molar-refractivity contribution < 1.29 is 9.59 Å². The second kappa shape index (κ2) is 9.86. The smallest absolute Gasteiger partial charge is 0.257 e. The summed E-state index contributed by atoms with van der Waals surface area (Å²) in [6, 6.07) is 14.2. The van der Waals surface area contributed by atoms with Crippen LogP contribution < -0.4 is 15.8 Å². The van der Waals surface area contributed by atoms with Crippen molar-refractivity contribution in [2.24, 2.45) is 0 Å². The van der Waals surface area contributed by atoms with Crippen molar-refractivity contribution in [1.82, 2.24) is 25.6 Å². The summed E-state index contributed by atoms with van der Waals surface area (Å²) in [5, 5.41) is 8.69. The third-order valence-electron chi connectivity index (χ3n) is 5.50. The molecule has 166 valence electrons. The van der Waals surface area contributed by atoms with Gasteiger partial charge in [-0.25, -0.2) is 0 Å². The lowest BCUT2D eigenvalue weighted by Gasteiger charge is -2.30. The molecule has 3 aromatic rings. The zero-order valence-corrected chi connectivity index (χ0v) is 19.0. The van der Waals surface area contributed by atoms with Crippen LogP contribution in [0.3, 0.4) is 0 Å². The number of benzene rings is 2. The molecule has 9 heteroatoms. The molecule has 2 aromatic carbocycles. The van der Waals surface area contributed by atoms with Crippen LogP contribution in [0.15, 0.2) is 53.9 Å². The normalized spacial score (nSPS) is 12.9.